The second-order valence-corrected chi connectivity index (χ2v) is 7.96. The standard InChI is InChI=1S/C16H23F3N4O3S.HI/c1-20-15(21-6-11-27(24,25)23-7-9-26-10-8-23)22-12-13-2-4-14(5-3-13)16(17,18)19;/h2-5H,6-12H2,1H3,(H2,20,21,22);1H. The molecule has 0 saturated carbocycles. The molecule has 0 spiro atoms. The Labute approximate surface area is 179 Å². The van der Waals surface area contributed by atoms with Crippen LogP contribution in [-0.4, -0.2) is 64.3 Å². The van der Waals surface area contributed by atoms with Gasteiger partial charge in [-0.05, 0) is 17.7 Å². The van der Waals surface area contributed by atoms with Gasteiger partial charge in [-0.3, -0.25) is 4.99 Å². The summed E-state index contributed by atoms with van der Waals surface area (Å²) in [4.78, 5) is 3.98. The molecule has 0 unspecified atom stereocenters. The summed E-state index contributed by atoms with van der Waals surface area (Å²) in [5.41, 5.74) is -0.0611. The van der Waals surface area contributed by atoms with Crippen LogP contribution in [0.3, 0.4) is 0 Å². The van der Waals surface area contributed by atoms with Crippen molar-refractivity contribution < 1.29 is 26.3 Å². The molecule has 160 valence electrons. The summed E-state index contributed by atoms with van der Waals surface area (Å²) in [6.07, 6.45) is -4.37. The topological polar surface area (TPSA) is 83.0 Å². The van der Waals surface area contributed by atoms with Crippen LogP contribution in [0.2, 0.25) is 0 Å². The van der Waals surface area contributed by atoms with Gasteiger partial charge in [-0.2, -0.15) is 17.5 Å². The number of morpholine rings is 1. The van der Waals surface area contributed by atoms with Crippen LogP contribution in [0.15, 0.2) is 29.3 Å². The highest BCUT2D eigenvalue weighted by Crippen LogP contribution is 2.29. The molecular formula is C16H24F3IN4O3S. The maximum absolute atomic E-state index is 12.6. The molecule has 1 aliphatic rings. The number of nitrogens with one attached hydrogen (secondary N) is 2. The van der Waals surface area contributed by atoms with Gasteiger partial charge < -0.3 is 15.4 Å². The molecule has 2 rings (SSSR count). The van der Waals surface area contributed by atoms with Crippen molar-refractivity contribution in [1.82, 2.24) is 14.9 Å². The molecule has 1 aliphatic heterocycles. The van der Waals surface area contributed by atoms with E-state index in [-0.39, 0.29) is 42.8 Å². The number of guanidine groups is 1. The van der Waals surface area contributed by atoms with Gasteiger partial charge >= 0.3 is 6.18 Å². The second-order valence-electron chi connectivity index (χ2n) is 5.87. The van der Waals surface area contributed by atoms with Crippen LogP contribution in [0.5, 0.6) is 0 Å². The lowest BCUT2D eigenvalue weighted by Crippen LogP contribution is -2.45. The number of nitrogens with zero attached hydrogens (tertiary/aromatic N) is 2. The van der Waals surface area contributed by atoms with Crippen LogP contribution in [0.25, 0.3) is 0 Å². The molecule has 2 N–H and O–H groups in total. The van der Waals surface area contributed by atoms with E-state index in [2.05, 4.69) is 15.6 Å². The number of benzene rings is 1. The van der Waals surface area contributed by atoms with E-state index in [1.54, 1.807) is 0 Å². The van der Waals surface area contributed by atoms with Crippen LogP contribution < -0.4 is 10.6 Å². The summed E-state index contributed by atoms with van der Waals surface area (Å²) in [6, 6.07) is 4.79. The van der Waals surface area contributed by atoms with Gasteiger partial charge in [0, 0.05) is 33.2 Å². The fourth-order valence-electron chi connectivity index (χ4n) is 2.47. The van der Waals surface area contributed by atoms with Gasteiger partial charge in [0.05, 0.1) is 24.5 Å². The van der Waals surface area contributed by atoms with Crippen molar-refractivity contribution >= 4 is 40.0 Å². The average molecular weight is 536 g/mol. The van der Waals surface area contributed by atoms with E-state index in [0.717, 1.165) is 12.1 Å². The molecule has 0 bridgehead atoms. The summed E-state index contributed by atoms with van der Waals surface area (Å²) in [7, 11) is -1.85. The number of aliphatic imine (C=N–C) groups is 1. The van der Waals surface area contributed by atoms with Crippen molar-refractivity contribution in [3.8, 4) is 0 Å². The Morgan fingerprint density at radius 1 is 1.18 bits per heavy atom. The molecule has 1 aromatic rings. The molecule has 0 aromatic heterocycles. The van der Waals surface area contributed by atoms with Crippen molar-refractivity contribution in [1.29, 1.82) is 0 Å². The molecule has 0 atom stereocenters. The van der Waals surface area contributed by atoms with Gasteiger partial charge in [0.15, 0.2) is 5.96 Å². The number of halogens is 4. The van der Waals surface area contributed by atoms with Gasteiger partial charge in [-0.1, -0.05) is 12.1 Å². The Kier molecular flexibility index (Phi) is 9.94. The molecule has 12 heteroatoms. The zero-order valence-electron chi connectivity index (χ0n) is 15.3. The van der Waals surface area contributed by atoms with E-state index < -0.39 is 21.8 Å². The molecule has 1 saturated heterocycles. The third-order valence-electron chi connectivity index (χ3n) is 3.98. The van der Waals surface area contributed by atoms with E-state index in [9.17, 15) is 21.6 Å². The predicted molar refractivity (Wildman–Crippen MR) is 111 cm³/mol. The summed E-state index contributed by atoms with van der Waals surface area (Å²) in [5, 5.41) is 5.83. The molecule has 7 nitrogen and oxygen atoms in total. The largest absolute Gasteiger partial charge is 0.416 e. The molecule has 0 radical (unpaired) electrons. The lowest BCUT2D eigenvalue weighted by molar-refractivity contribution is -0.137. The van der Waals surface area contributed by atoms with Crippen molar-refractivity contribution in [2.75, 3.05) is 45.6 Å². The first-order valence-electron chi connectivity index (χ1n) is 8.38. The van der Waals surface area contributed by atoms with E-state index in [4.69, 9.17) is 4.74 Å². The fourth-order valence-corrected chi connectivity index (χ4v) is 3.79. The highest BCUT2D eigenvalue weighted by molar-refractivity contribution is 14.0. The van der Waals surface area contributed by atoms with Gasteiger partial charge in [0.1, 0.15) is 0 Å². The Morgan fingerprint density at radius 3 is 2.32 bits per heavy atom. The van der Waals surface area contributed by atoms with E-state index >= 15 is 0 Å². The van der Waals surface area contributed by atoms with Crippen molar-refractivity contribution in [2.24, 2.45) is 4.99 Å². The second kappa shape index (κ2) is 11.2. The van der Waals surface area contributed by atoms with Crippen molar-refractivity contribution in [3.63, 3.8) is 0 Å². The monoisotopic (exact) mass is 536 g/mol. The highest BCUT2D eigenvalue weighted by atomic mass is 127. The number of hydrogen-bond acceptors (Lipinski definition) is 4. The normalized spacial score (nSPS) is 16.4. The zero-order valence-corrected chi connectivity index (χ0v) is 18.5. The Hall–Kier alpha value is -1.12. The lowest BCUT2D eigenvalue weighted by Gasteiger charge is -2.26. The first-order chi connectivity index (χ1) is 12.7. The van der Waals surface area contributed by atoms with Gasteiger partial charge in [-0.15, -0.1) is 24.0 Å². The highest BCUT2D eigenvalue weighted by Gasteiger charge is 2.29. The number of ether oxygens (including phenoxy) is 1. The maximum Gasteiger partial charge on any atom is 0.416 e. The molecular weight excluding hydrogens is 512 g/mol. The van der Waals surface area contributed by atoms with Crippen molar-refractivity contribution in [2.45, 2.75) is 12.7 Å². The third kappa shape index (κ3) is 7.72. The Morgan fingerprint density at radius 2 is 1.79 bits per heavy atom. The maximum atomic E-state index is 12.6. The van der Waals surface area contributed by atoms with Gasteiger partial charge in [0.25, 0.3) is 0 Å². The minimum absolute atomic E-state index is 0. The Balaban J connectivity index is 0.00000392. The predicted octanol–water partition coefficient (Wildman–Crippen LogP) is 1.65. The van der Waals surface area contributed by atoms with E-state index in [0.29, 0.717) is 37.8 Å². The molecule has 0 aliphatic carbocycles. The van der Waals surface area contributed by atoms with E-state index in [1.165, 1.54) is 23.5 Å². The molecule has 1 aromatic carbocycles. The first-order valence-corrected chi connectivity index (χ1v) is 9.99. The van der Waals surface area contributed by atoms with Gasteiger partial charge in [-0.25, -0.2) is 8.42 Å². The quantitative estimate of drug-likeness (QED) is 0.329. The summed E-state index contributed by atoms with van der Waals surface area (Å²) < 4.78 is 68.7. The summed E-state index contributed by atoms with van der Waals surface area (Å²) >= 11 is 0. The smallest absolute Gasteiger partial charge is 0.379 e. The number of alkyl halides is 3. The number of sulfonamides is 1. The minimum Gasteiger partial charge on any atom is -0.379 e. The fraction of sp³-hybridized carbons (Fsp3) is 0.562. The molecule has 0 amide bonds. The lowest BCUT2D eigenvalue weighted by atomic mass is 10.1. The van der Waals surface area contributed by atoms with Crippen LogP contribution in [-0.2, 0) is 27.5 Å². The SMILES string of the molecule is CN=C(NCCS(=O)(=O)N1CCOCC1)NCc1ccc(C(F)(F)F)cc1.I. The number of rotatable bonds is 6. The van der Waals surface area contributed by atoms with Crippen LogP contribution in [0.1, 0.15) is 11.1 Å². The Bertz CT molecular complexity index is 736. The summed E-state index contributed by atoms with van der Waals surface area (Å²) in [6.45, 7) is 1.90. The van der Waals surface area contributed by atoms with Crippen LogP contribution in [0, 0.1) is 0 Å². The minimum atomic E-state index is -4.37. The zero-order chi connectivity index (χ0) is 19.9. The van der Waals surface area contributed by atoms with Crippen molar-refractivity contribution in [3.05, 3.63) is 35.4 Å². The third-order valence-corrected chi connectivity index (χ3v) is 5.85. The van der Waals surface area contributed by atoms with E-state index in [1.807, 2.05) is 0 Å². The first kappa shape index (κ1) is 24.9. The number of hydrogen-bond donors (Lipinski definition) is 2. The molecule has 28 heavy (non-hydrogen) atoms. The molecule has 1 fully saturated rings. The molecule has 1 heterocycles. The van der Waals surface area contributed by atoms with Gasteiger partial charge in [0.2, 0.25) is 10.0 Å². The van der Waals surface area contributed by atoms with Crippen LogP contribution >= 0.6 is 24.0 Å². The van der Waals surface area contributed by atoms with Crippen LogP contribution in [0.4, 0.5) is 13.2 Å². The summed E-state index contributed by atoms with van der Waals surface area (Å²) in [5.74, 6) is 0.278. The average Bonchev–Trinajstić information content (AvgIpc) is 2.65.